The fraction of sp³-hybridized carbons (Fsp3) is 0.286. The van der Waals surface area contributed by atoms with Crippen molar-refractivity contribution in [3.8, 4) is 11.5 Å². The van der Waals surface area contributed by atoms with Gasteiger partial charge in [0, 0.05) is 24.1 Å². The third kappa shape index (κ3) is 4.21. The van der Waals surface area contributed by atoms with Gasteiger partial charge in [-0.2, -0.15) is 0 Å². The Morgan fingerprint density at radius 1 is 1.24 bits per heavy atom. The molecule has 1 amide bonds. The zero-order chi connectivity index (χ0) is 17.9. The van der Waals surface area contributed by atoms with Gasteiger partial charge in [0.2, 0.25) is 5.91 Å². The number of benzene rings is 2. The largest absolute Gasteiger partial charge is 0.497 e. The van der Waals surface area contributed by atoms with Crippen molar-refractivity contribution in [3.63, 3.8) is 0 Å². The number of hydrogen-bond acceptors (Lipinski definition) is 3. The number of carbonyl (C=O) groups is 1. The standard InChI is InChI=1S/C21H23NO3/c1-21(2)14-18(17-11-10-16(24-3)13-19(17)25-21)22-20(23)12-9-15-7-5-4-6-8-15/h4-13,18H,14H2,1-3H3,(H,22,23)/b12-9+/t18-/m1/s1. The lowest BCUT2D eigenvalue weighted by molar-refractivity contribution is -0.117. The highest BCUT2D eigenvalue weighted by Gasteiger charge is 2.34. The Morgan fingerprint density at radius 3 is 2.72 bits per heavy atom. The fourth-order valence-electron chi connectivity index (χ4n) is 3.04. The summed E-state index contributed by atoms with van der Waals surface area (Å²) in [5.41, 5.74) is 1.61. The Balaban J connectivity index is 1.78. The summed E-state index contributed by atoms with van der Waals surface area (Å²) in [4.78, 5) is 12.4. The lowest BCUT2D eigenvalue weighted by atomic mass is 9.89. The van der Waals surface area contributed by atoms with Gasteiger partial charge in [0.15, 0.2) is 0 Å². The number of nitrogens with one attached hydrogen (secondary N) is 1. The van der Waals surface area contributed by atoms with E-state index in [1.807, 2.05) is 68.5 Å². The summed E-state index contributed by atoms with van der Waals surface area (Å²) in [6.45, 7) is 4.04. The van der Waals surface area contributed by atoms with Crippen LogP contribution in [0.5, 0.6) is 11.5 Å². The molecule has 1 aliphatic heterocycles. The van der Waals surface area contributed by atoms with E-state index in [0.717, 1.165) is 22.6 Å². The summed E-state index contributed by atoms with van der Waals surface area (Å²) >= 11 is 0. The van der Waals surface area contributed by atoms with E-state index < -0.39 is 0 Å². The van der Waals surface area contributed by atoms with Crippen LogP contribution < -0.4 is 14.8 Å². The van der Waals surface area contributed by atoms with Crippen molar-refractivity contribution in [1.29, 1.82) is 0 Å². The average molecular weight is 337 g/mol. The minimum atomic E-state index is -0.361. The lowest BCUT2D eigenvalue weighted by Crippen LogP contribution is -2.40. The predicted octanol–water partition coefficient (Wildman–Crippen LogP) is 4.13. The number of carbonyl (C=O) groups excluding carboxylic acids is 1. The molecule has 4 nitrogen and oxygen atoms in total. The van der Waals surface area contributed by atoms with Gasteiger partial charge in [-0.1, -0.05) is 30.3 Å². The molecule has 0 fully saturated rings. The molecule has 0 saturated heterocycles. The molecule has 2 aromatic carbocycles. The Kier molecular flexibility index (Phi) is 4.79. The minimum absolute atomic E-state index is 0.0995. The quantitative estimate of drug-likeness (QED) is 0.854. The van der Waals surface area contributed by atoms with Gasteiger partial charge in [0.05, 0.1) is 13.2 Å². The second-order valence-corrected chi connectivity index (χ2v) is 6.77. The van der Waals surface area contributed by atoms with Gasteiger partial charge in [-0.05, 0) is 37.6 Å². The predicted molar refractivity (Wildman–Crippen MR) is 98.7 cm³/mol. The zero-order valence-corrected chi connectivity index (χ0v) is 14.8. The maximum absolute atomic E-state index is 12.4. The molecular formula is C21H23NO3. The normalized spacial score (nSPS) is 18.3. The molecule has 1 N–H and O–H groups in total. The van der Waals surface area contributed by atoms with Crippen LogP contribution in [-0.4, -0.2) is 18.6 Å². The SMILES string of the molecule is COc1ccc2c(c1)OC(C)(C)C[C@H]2NC(=O)/C=C/c1ccccc1. The highest BCUT2D eigenvalue weighted by atomic mass is 16.5. The second kappa shape index (κ2) is 7.01. The van der Waals surface area contributed by atoms with Crippen LogP contribution in [0.25, 0.3) is 6.08 Å². The van der Waals surface area contributed by atoms with Crippen molar-refractivity contribution < 1.29 is 14.3 Å². The highest BCUT2D eigenvalue weighted by Crippen LogP contribution is 2.41. The Morgan fingerprint density at radius 2 is 2.00 bits per heavy atom. The summed E-state index contributed by atoms with van der Waals surface area (Å²) < 4.78 is 11.3. The van der Waals surface area contributed by atoms with Crippen LogP contribution in [0.15, 0.2) is 54.6 Å². The first-order chi connectivity index (χ1) is 12.0. The third-order valence-electron chi connectivity index (χ3n) is 4.22. The second-order valence-electron chi connectivity index (χ2n) is 6.77. The van der Waals surface area contributed by atoms with Gasteiger partial charge in [-0.3, -0.25) is 4.79 Å². The van der Waals surface area contributed by atoms with Gasteiger partial charge < -0.3 is 14.8 Å². The molecule has 1 atom stereocenters. The zero-order valence-electron chi connectivity index (χ0n) is 14.8. The first kappa shape index (κ1) is 17.1. The van der Waals surface area contributed by atoms with Crippen LogP contribution in [-0.2, 0) is 4.79 Å². The number of rotatable bonds is 4. The van der Waals surface area contributed by atoms with E-state index in [0.29, 0.717) is 6.42 Å². The van der Waals surface area contributed by atoms with Crippen molar-refractivity contribution in [3.05, 3.63) is 65.7 Å². The van der Waals surface area contributed by atoms with E-state index in [4.69, 9.17) is 9.47 Å². The molecule has 3 rings (SSSR count). The number of hydrogen-bond donors (Lipinski definition) is 1. The molecular weight excluding hydrogens is 314 g/mol. The van der Waals surface area contributed by atoms with Crippen LogP contribution >= 0.6 is 0 Å². The maximum Gasteiger partial charge on any atom is 0.244 e. The molecule has 25 heavy (non-hydrogen) atoms. The molecule has 0 bridgehead atoms. The van der Waals surface area contributed by atoms with Crippen molar-refractivity contribution >= 4 is 12.0 Å². The van der Waals surface area contributed by atoms with Crippen LogP contribution in [0.2, 0.25) is 0 Å². The smallest absolute Gasteiger partial charge is 0.244 e. The van der Waals surface area contributed by atoms with Crippen molar-refractivity contribution in [2.45, 2.75) is 31.9 Å². The highest BCUT2D eigenvalue weighted by molar-refractivity contribution is 5.92. The van der Waals surface area contributed by atoms with Crippen LogP contribution in [0.3, 0.4) is 0 Å². The number of fused-ring (bicyclic) bond motifs is 1. The Bertz CT molecular complexity index is 781. The van der Waals surface area contributed by atoms with Gasteiger partial charge in [0.1, 0.15) is 17.1 Å². The summed E-state index contributed by atoms with van der Waals surface area (Å²) in [6.07, 6.45) is 4.09. The average Bonchev–Trinajstić information content (AvgIpc) is 2.59. The molecule has 0 spiro atoms. The van der Waals surface area contributed by atoms with Gasteiger partial charge in [-0.25, -0.2) is 0 Å². The van der Waals surface area contributed by atoms with Crippen LogP contribution in [0.4, 0.5) is 0 Å². The van der Waals surface area contributed by atoms with E-state index in [-0.39, 0.29) is 17.6 Å². The summed E-state index contributed by atoms with van der Waals surface area (Å²) in [5, 5.41) is 3.09. The summed E-state index contributed by atoms with van der Waals surface area (Å²) in [6, 6.07) is 15.4. The minimum Gasteiger partial charge on any atom is -0.497 e. The van der Waals surface area contributed by atoms with E-state index in [1.54, 1.807) is 13.2 Å². The topological polar surface area (TPSA) is 47.6 Å². The van der Waals surface area contributed by atoms with Gasteiger partial charge >= 0.3 is 0 Å². The molecule has 1 aliphatic rings. The van der Waals surface area contributed by atoms with E-state index in [1.165, 1.54) is 0 Å². The molecule has 4 heteroatoms. The van der Waals surface area contributed by atoms with Crippen LogP contribution in [0, 0.1) is 0 Å². The fourth-order valence-corrected chi connectivity index (χ4v) is 3.04. The molecule has 0 aliphatic carbocycles. The van der Waals surface area contributed by atoms with Crippen molar-refractivity contribution in [2.75, 3.05) is 7.11 Å². The first-order valence-corrected chi connectivity index (χ1v) is 8.37. The lowest BCUT2D eigenvalue weighted by Gasteiger charge is -2.37. The molecule has 1 heterocycles. The summed E-state index contributed by atoms with van der Waals surface area (Å²) in [5.74, 6) is 1.38. The van der Waals surface area contributed by atoms with E-state index in [9.17, 15) is 4.79 Å². The Hall–Kier alpha value is -2.75. The number of amides is 1. The molecule has 130 valence electrons. The molecule has 2 aromatic rings. The van der Waals surface area contributed by atoms with Crippen molar-refractivity contribution in [2.24, 2.45) is 0 Å². The van der Waals surface area contributed by atoms with Gasteiger partial charge in [0.25, 0.3) is 0 Å². The van der Waals surface area contributed by atoms with E-state index in [2.05, 4.69) is 5.32 Å². The van der Waals surface area contributed by atoms with Crippen molar-refractivity contribution in [1.82, 2.24) is 5.32 Å². The monoisotopic (exact) mass is 337 g/mol. The molecule has 0 radical (unpaired) electrons. The Labute approximate surface area is 148 Å². The third-order valence-corrected chi connectivity index (χ3v) is 4.22. The molecule has 0 saturated carbocycles. The van der Waals surface area contributed by atoms with Gasteiger partial charge in [-0.15, -0.1) is 0 Å². The number of methoxy groups -OCH3 is 1. The maximum atomic E-state index is 12.4. The molecule has 0 unspecified atom stereocenters. The first-order valence-electron chi connectivity index (χ1n) is 8.37. The number of ether oxygens (including phenoxy) is 2. The van der Waals surface area contributed by atoms with E-state index >= 15 is 0 Å². The summed E-state index contributed by atoms with van der Waals surface area (Å²) in [7, 11) is 1.63. The molecule has 0 aromatic heterocycles. The van der Waals surface area contributed by atoms with Crippen LogP contribution in [0.1, 0.15) is 37.4 Å².